The molecule has 0 atom stereocenters. The quantitative estimate of drug-likeness (QED) is 0.474. The molecule has 0 saturated heterocycles. The molecule has 0 aliphatic rings. The standard InChI is InChI=1S/C8H6F8/c1-3(5(9)7(11,12)13)4(2)6(10)8(14,15)16/h1-2H3. The lowest BCUT2D eigenvalue weighted by Gasteiger charge is -2.11. The van der Waals surface area contributed by atoms with Crippen molar-refractivity contribution in [3.05, 3.63) is 22.8 Å². The number of hydrogen-bond acceptors (Lipinski definition) is 0. The summed E-state index contributed by atoms with van der Waals surface area (Å²) >= 11 is 0. The third kappa shape index (κ3) is 3.49. The minimum Gasteiger partial charge on any atom is -0.201 e. The highest BCUT2D eigenvalue weighted by Crippen LogP contribution is 2.36. The van der Waals surface area contributed by atoms with Crippen LogP contribution in [0.25, 0.3) is 0 Å². The SMILES string of the molecule is CC(C(C)=C(F)C(F)(F)F)=C(F)C(F)(F)F. The van der Waals surface area contributed by atoms with Gasteiger partial charge >= 0.3 is 12.4 Å². The number of allylic oxidation sites excluding steroid dienone is 4. The van der Waals surface area contributed by atoms with Crippen LogP contribution in [0.1, 0.15) is 13.8 Å². The van der Waals surface area contributed by atoms with Crippen molar-refractivity contribution in [1.29, 1.82) is 0 Å². The normalized spacial score (nSPS) is 16.9. The zero-order valence-corrected chi connectivity index (χ0v) is 8.02. The zero-order chi connectivity index (χ0) is 13.3. The molecule has 0 rings (SSSR count). The third-order valence-electron chi connectivity index (χ3n) is 1.72. The van der Waals surface area contributed by atoms with Crippen LogP contribution >= 0.6 is 0 Å². The molecule has 0 spiro atoms. The minimum absolute atomic E-state index is 0.420. The molecule has 0 amide bonds. The Morgan fingerprint density at radius 1 is 0.625 bits per heavy atom. The molecule has 0 saturated carbocycles. The van der Waals surface area contributed by atoms with E-state index in [-0.39, 0.29) is 0 Å². The van der Waals surface area contributed by atoms with E-state index in [0.29, 0.717) is 13.8 Å². The largest absolute Gasteiger partial charge is 0.443 e. The van der Waals surface area contributed by atoms with Crippen LogP contribution in [-0.2, 0) is 0 Å². The van der Waals surface area contributed by atoms with E-state index in [2.05, 4.69) is 0 Å². The molecule has 0 aliphatic heterocycles. The maximum atomic E-state index is 12.5. The fourth-order valence-electron chi connectivity index (χ4n) is 0.754. The molecule has 0 unspecified atom stereocenters. The summed E-state index contributed by atoms with van der Waals surface area (Å²) in [6.07, 6.45) is -10.9. The highest BCUT2D eigenvalue weighted by Gasteiger charge is 2.40. The average molecular weight is 254 g/mol. The van der Waals surface area contributed by atoms with Crippen LogP contribution in [0.5, 0.6) is 0 Å². The topological polar surface area (TPSA) is 0 Å². The predicted molar refractivity (Wildman–Crippen MR) is 39.7 cm³/mol. The smallest absolute Gasteiger partial charge is 0.201 e. The van der Waals surface area contributed by atoms with Gasteiger partial charge in [0.2, 0.25) is 11.7 Å². The van der Waals surface area contributed by atoms with Crippen LogP contribution in [0.15, 0.2) is 22.8 Å². The summed E-state index contributed by atoms with van der Waals surface area (Å²) in [5.41, 5.74) is -2.86. The van der Waals surface area contributed by atoms with Gasteiger partial charge in [0.05, 0.1) is 0 Å². The van der Waals surface area contributed by atoms with Crippen LogP contribution < -0.4 is 0 Å². The summed E-state index contributed by atoms with van der Waals surface area (Å²) in [6.45, 7) is 0.840. The maximum absolute atomic E-state index is 12.5. The van der Waals surface area contributed by atoms with Crippen molar-refractivity contribution >= 4 is 0 Å². The number of halogens is 8. The van der Waals surface area contributed by atoms with E-state index in [1.54, 1.807) is 0 Å². The molecule has 0 N–H and O–H groups in total. The van der Waals surface area contributed by atoms with Crippen molar-refractivity contribution in [2.75, 3.05) is 0 Å². The lowest BCUT2D eigenvalue weighted by atomic mass is 10.1. The van der Waals surface area contributed by atoms with Gasteiger partial charge in [0.1, 0.15) is 0 Å². The van der Waals surface area contributed by atoms with Crippen LogP contribution in [-0.4, -0.2) is 12.4 Å². The minimum atomic E-state index is -5.43. The Bertz CT molecular complexity index is 293. The molecule has 8 heteroatoms. The Balaban J connectivity index is 5.55. The van der Waals surface area contributed by atoms with E-state index in [1.165, 1.54) is 0 Å². The lowest BCUT2D eigenvalue weighted by molar-refractivity contribution is -0.112. The van der Waals surface area contributed by atoms with Crippen LogP contribution in [0.3, 0.4) is 0 Å². The van der Waals surface area contributed by atoms with Crippen molar-refractivity contribution in [3.63, 3.8) is 0 Å². The predicted octanol–water partition coefficient (Wildman–Crippen LogP) is 4.60. The van der Waals surface area contributed by atoms with Gasteiger partial charge in [-0.15, -0.1) is 0 Å². The first-order valence-corrected chi connectivity index (χ1v) is 3.76. The molecule has 0 aliphatic carbocycles. The molecule has 0 aromatic heterocycles. The van der Waals surface area contributed by atoms with Gasteiger partial charge in [0, 0.05) is 0 Å². The van der Waals surface area contributed by atoms with Crippen molar-refractivity contribution < 1.29 is 35.1 Å². The molecule has 0 radical (unpaired) electrons. The zero-order valence-electron chi connectivity index (χ0n) is 8.02. The fourth-order valence-corrected chi connectivity index (χ4v) is 0.754. The van der Waals surface area contributed by atoms with Crippen LogP contribution in [0.2, 0.25) is 0 Å². The second-order valence-corrected chi connectivity index (χ2v) is 2.87. The summed E-state index contributed by atoms with van der Waals surface area (Å²) in [7, 11) is 0. The van der Waals surface area contributed by atoms with Crippen molar-refractivity contribution in [3.8, 4) is 0 Å². The average Bonchev–Trinajstić information content (AvgIpc) is 2.10. The van der Waals surface area contributed by atoms with Crippen LogP contribution in [0, 0.1) is 0 Å². The third-order valence-corrected chi connectivity index (χ3v) is 1.72. The molecule has 0 fully saturated rings. The number of hydrogen-bond donors (Lipinski definition) is 0. The molecule has 0 nitrogen and oxygen atoms in total. The fraction of sp³-hybridized carbons (Fsp3) is 0.500. The summed E-state index contributed by atoms with van der Waals surface area (Å²) in [4.78, 5) is 0. The number of rotatable bonds is 1. The Morgan fingerprint density at radius 3 is 0.938 bits per heavy atom. The first kappa shape index (κ1) is 14.9. The van der Waals surface area contributed by atoms with E-state index in [9.17, 15) is 35.1 Å². The van der Waals surface area contributed by atoms with E-state index < -0.39 is 35.2 Å². The second-order valence-electron chi connectivity index (χ2n) is 2.87. The van der Waals surface area contributed by atoms with E-state index in [0.717, 1.165) is 0 Å². The van der Waals surface area contributed by atoms with E-state index in [1.807, 2.05) is 0 Å². The molecular weight excluding hydrogens is 248 g/mol. The Labute approximate surface area is 85.2 Å². The summed E-state index contributed by atoms with van der Waals surface area (Å²) in [5.74, 6) is -5.49. The highest BCUT2D eigenvalue weighted by atomic mass is 19.4. The van der Waals surface area contributed by atoms with Crippen molar-refractivity contribution in [1.82, 2.24) is 0 Å². The molecule has 0 heterocycles. The van der Waals surface area contributed by atoms with Crippen molar-refractivity contribution in [2.24, 2.45) is 0 Å². The molecular formula is C8H6F8. The summed E-state index contributed by atoms with van der Waals surface area (Å²) in [5, 5.41) is 0. The van der Waals surface area contributed by atoms with Gasteiger partial charge in [0.15, 0.2) is 0 Å². The highest BCUT2D eigenvalue weighted by molar-refractivity contribution is 5.34. The first-order valence-electron chi connectivity index (χ1n) is 3.76. The molecule has 0 aromatic carbocycles. The molecule has 16 heavy (non-hydrogen) atoms. The first-order chi connectivity index (χ1) is 6.89. The number of alkyl halides is 6. The van der Waals surface area contributed by atoms with Gasteiger partial charge in [-0.05, 0) is 25.0 Å². The second kappa shape index (κ2) is 4.42. The van der Waals surface area contributed by atoms with E-state index in [4.69, 9.17) is 0 Å². The summed E-state index contributed by atoms with van der Waals surface area (Å²) in [6, 6.07) is 0. The molecule has 0 bridgehead atoms. The monoisotopic (exact) mass is 254 g/mol. The van der Waals surface area contributed by atoms with Gasteiger partial charge in [0.25, 0.3) is 0 Å². The molecule has 94 valence electrons. The van der Waals surface area contributed by atoms with Gasteiger partial charge in [-0.1, -0.05) is 0 Å². The Kier molecular flexibility index (Phi) is 4.12. The van der Waals surface area contributed by atoms with Gasteiger partial charge in [-0.3, -0.25) is 0 Å². The van der Waals surface area contributed by atoms with Crippen molar-refractivity contribution in [2.45, 2.75) is 26.2 Å². The Morgan fingerprint density at radius 2 is 0.812 bits per heavy atom. The maximum Gasteiger partial charge on any atom is 0.443 e. The van der Waals surface area contributed by atoms with Gasteiger partial charge < -0.3 is 0 Å². The Hall–Kier alpha value is -1.08. The van der Waals surface area contributed by atoms with Crippen LogP contribution in [0.4, 0.5) is 35.1 Å². The van der Waals surface area contributed by atoms with E-state index >= 15 is 0 Å². The lowest BCUT2D eigenvalue weighted by Crippen LogP contribution is -2.14. The summed E-state index contributed by atoms with van der Waals surface area (Å²) < 4.78 is 95.5. The van der Waals surface area contributed by atoms with Gasteiger partial charge in [-0.25, -0.2) is 8.78 Å². The van der Waals surface area contributed by atoms with Gasteiger partial charge in [-0.2, -0.15) is 26.3 Å². The molecule has 0 aromatic rings.